The predicted octanol–water partition coefficient (Wildman–Crippen LogP) is 5.19. The maximum Gasteiger partial charge on any atom is 0.308 e. The third kappa shape index (κ3) is 2.86. The number of H-pyrrole nitrogens is 1. The Morgan fingerprint density at radius 1 is 1.08 bits per heavy atom. The third-order valence-electron chi connectivity index (χ3n) is 5.04. The standard InChI is InChI=1S/C22H21NO2/c1-25-22(24)17-13-11-15(12-14-17)20-18-9-5-6-10-19(18)23-21(20)16-7-3-2-4-8-16/h2-11,17,23H,12-14H2,1H3. The zero-order valence-electron chi connectivity index (χ0n) is 14.3. The Morgan fingerprint density at radius 2 is 1.84 bits per heavy atom. The van der Waals surface area contributed by atoms with Gasteiger partial charge in [-0.25, -0.2) is 0 Å². The lowest BCUT2D eigenvalue weighted by Gasteiger charge is -2.20. The summed E-state index contributed by atoms with van der Waals surface area (Å²) in [6.45, 7) is 0. The highest BCUT2D eigenvalue weighted by Crippen LogP contribution is 2.40. The number of fused-ring (bicyclic) bond motifs is 1. The van der Waals surface area contributed by atoms with Gasteiger partial charge in [0.05, 0.1) is 18.7 Å². The van der Waals surface area contributed by atoms with Crippen LogP contribution in [-0.2, 0) is 9.53 Å². The van der Waals surface area contributed by atoms with Gasteiger partial charge in [-0.15, -0.1) is 0 Å². The first-order valence-electron chi connectivity index (χ1n) is 8.71. The lowest BCUT2D eigenvalue weighted by atomic mass is 9.85. The van der Waals surface area contributed by atoms with Crippen LogP contribution < -0.4 is 0 Å². The molecule has 1 aliphatic rings. The molecule has 1 N–H and O–H groups in total. The largest absolute Gasteiger partial charge is 0.469 e. The molecule has 1 heterocycles. The van der Waals surface area contributed by atoms with Gasteiger partial charge in [-0.3, -0.25) is 4.79 Å². The Labute approximate surface area is 147 Å². The lowest BCUT2D eigenvalue weighted by molar-refractivity contribution is -0.145. The van der Waals surface area contributed by atoms with Crippen molar-refractivity contribution in [1.82, 2.24) is 4.98 Å². The van der Waals surface area contributed by atoms with E-state index in [4.69, 9.17) is 4.74 Å². The number of hydrogen-bond donors (Lipinski definition) is 1. The van der Waals surface area contributed by atoms with Gasteiger partial charge in [0, 0.05) is 16.5 Å². The number of esters is 1. The van der Waals surface area contributed by atoms with Crippen LogP contribution >= 0.6 is 0 Å². The Morgan fingerprint density at radius 3 is 2.56 bits per heavy atom. The molecule has 0 amide bonds. The Hall–Kier alpha value is -2.81. The van der Waals surface area contributed by atoms with Gasteiger partial charge in [0.25, 0.3) is 0 Å². The first-order valence-corrected chi connectivity index (χ1v) is 8.71. The van der Waals surface area contributed by atoms with E-state index < -0.39 is 0 Å². The second-order valence-corrected chi connectivity index (χ2v) is 6.51. The molecule has 3 heteroatoms. The maximum absolute atomic E-state index is 11.8. The maximum atomic E-state index is 11.8. The van der Waals surface area contributed by atoms with Crippen molar-refractivity contribution in [3.05, 3.63) is 66.2 Å². The van der Waals surface area contributed by atoms with Crippen LogP contribution in [0.5, 0.6) is 0 Å². The summed E-state index contributed by atoms with van der Waals surface area (Å²) in [7, 11) is 1.47. The normalized spacial score (nSPS) is 17.3. The van der Waals surface area contributed by atoms with Gasteiger partial charge in [0.15, 0.2) is 0 Å². The number of aromatic amines is 1. The summed E-state index contributed by atoms with van der Waals surface area (Å²) >= 11 is 0. The molecule has 0 radical (unpaired) electrons. The van der Waals surface area contributed by atoms with Crippen LogP contribution in [0.4, 0.5) is 0 Å². The second-order valence-electron chi connectivity index (χ2n) is 6.51. The molecule has 1 unspecified atom stereocenters. The Kier molecular flexibility index (Phi) is 4.14. The minimum Gasteiger partial charge on any atom is -0.469 e. The summed E-state index contributed by atoms with van der Waals surface area (Å²) in [5.74, 6) is -0.114. The van der Waals surface area contributed by atoms with Crippen molar-refractivity contribution in [3.63, 3.8) is 0 Å². The highest BCUT2D eigenvalue weighted by Gasteiger charge is 2.25. The zero-order chi connectivity index (χ0) is 17.2. The van der Waals surface area contributed by atoms with Crippen molar-refractivity contribution in [1.29, 1.82) is 0 Å². The van der Waals surface area contributed by atoms with Crippen LogP contribution in [0.2, 0.25) is 0 Å². The van der Waals surface area contributed by atoms with Crippen molar-refractivity contribution in [2.24, 2.45) is 5.92 Å². The number of hydrogen-bond acceptors (Lipinski definition) is 2. The number of ether oxygens (including phenoxy) is 1. The van der Waals surface area contributed by atoms with E-state index in [9.17, 15) is 4.79 Å². The summed E-state index contributed by atoms with van der Waals surface area (Å²) in [5, 5.41) is 1.24. The van der Waals surface area contributed by atoms with Crippen LogP contribution in [0.15, 0.2) is 60.7 Å². The van der Waals surface area contributed by atoms with Gasteiger partial charge < -0.3 is 9.72 Å². The number of benzene rings is 2. The van der Waals surface area contributed by atoms with Crippen molar-refractivity contribution >= 4 is 22.4 Å². The number of allylic oxidation sites excluding steroid dienone is 2. The molecule has 126 valence electrons. The number of methoxy groups -OCH3 is 1. The van der Waals surface area contributed by atoms with E-state index in [2.05, 4.69) is 59.6 Å². The quantitative estimate of drug-likeness (QED) is 0.671. The van der Waals surface area contributed by atoms with E-state index >= 15 is 0 Å². The van der Waals surface area contributed by atoms with Crippen LogP contribution in [0, 0.1) is 5.92 Å². The van der Waals surface area contributed by atoms with E-state index in [1.807, 2.05) is 6.07 Å². The smallest absolute Gasteiger partial charge is 0.308 e. The average Bonchev–Trinajstić information content (AvgIpc) is 3.08. The van der Waals surface area contributed by atoms with Crippen molar-refractivity contribution in [2.45, 2.75) is 19.3 Å². The molecule has 0 saturated carbocycles. The van der Waals surface area contributed by atoms with Crippen molar-refractivity contribution in [3.8, 4) is 11.3 Å². The molecule has 1 aromatic heterocycles. The topological polar surface area (TPSA) is 42.1 Å². The molecule has 0 saturated heterocycles. The molecule has 0 bridgehead atoms. The van der Waals surface area contributed by atoms with Gasteiger partial charge in [0.2, 0.25) is 0 Å². The highest BCUT2D eigenvalue weighted by atomic mass is 16.5. The summed E-state index contributed by atoms with van der Waals surface area (Å²) in [6.07, 6.45) is 4.69. The Balaban J connectivity index is 1.81. The van der Waals surface area contributed by atoms with Gasteiger partial charge in [-0.2, -0.15) is 0 Å². The number of carbonyl (C=O) groups excluding carboxylic acids is 1. The molecule has 3 nitrogen and oxygen atoms in total. The first kappa shape index (κ1) is 15.7. The van der Waals surface area contributed by atoms with E-state index in [1.165, 1.54) is 29.2 Å². The molecule has 0 aliphatic heterocycles. The molecule has 4 rings (SSSR count). The molecule has 3 aromatic rings. The van der Waals surface area contributed by atoms with E-state index in [1.54, 1.807) is 0 Å². The predicted molar refractivity (Wildman–Crippen MR) is 101 cm³/mol. The molecular weight excluding hydrogens is 310 g/mol. The minimum atomic E-state index is -0.0995. The highest BCUT2D eigenvalue weighted by molar-refractivity contribution is 6.00. The summed E-state index contributed by atoms with van der Waals surface area (Å²) < 4.78 is 4.90. The van der Waals surface area contributed by atoms with Gasteiger partial charge in [-0.05, 0) is 36.5 Å². The number of nitrogens with one attached hydrogen (secondary N) is 1. The fraction of sp³-hybridized carbons (Fsp3) is 0.227. The lowest BCUT2D eigenvalue weighted by Crippen LogP contribution is -2.18. The molecule has 0 fully saturated rings. The van der Waals surface area contributed by atoms with Crippen LogP contribution in [0.3, 0.4) is 0 Å². The Bertz CT molecular complexity index is 937. The van der Waals surface area contributed by atoms with E-state index in [0.717, 1.165) is 30.5 Å². The average molecular weight is 331 g/mol. The molecular formula is C22H21NO2. The van der Waals surface area contributed by atoms with Gasteiger partial charge in [0.1, 0.15) is 0 Å². The van der Waals surface area contributed by atoms with Crippen molar-refractivity contribution in [2.75, 3.05) is 7.11 Å². The first-order chi connectivity index (χ1) is 12.3. The molecule has 2 aromatic carbocycles. The molecule has 0 spiro atoms. The summed E-state index contributed by atoms with van der Waals surface area (Å²) in [5.41, 5.74) is 6.07. The SMILES string of the molecule is COC(=O)C1CC=C(c2c(-c3ccccc3)[nH]c3ccccc23)CC1. The number of rotatable bonds is 3. The van der Waals surface area contributed by atoms with Crippen LogP contribution in [-0.4, -0.2) is 18.1 Å². The summed E-state index contributed by atoms with van der Waals surface area (Å²) in [6, 6.07) is 18.8. The monoisotopic (exact) mass is 331 g/mol. The third-order valence-corrected chi connectivity index (χ3v) is 5.04. The number of carbonyl (C=O) groups is 1. The fourth-order valence-corrected chi connectivity index (χ4v) is 3.74. The zero-order valence-corrected chi connectivity index (χ0v) is 14.3. The fourth-order valence-electron chi connectivity index (χ4n) is 3.74. The summed E-state index contributed by atoms with van der Waals surface area (Å²) in [4.78, 5) is 15.4. The second kappa shape index (κ2) is 6.60. The number of para-hydroxylation sites is 1. The van der Waals surface area contributed by atoms with Gasteiger partial charge >= 0.3 is 5.97 Å². The minimum absolute atomic E-state index is 0.0147. The van der Waals surface area contributed by atoms with E-state index in [-0.39, 0.29) is 11.9 Å². The molecule has 25 heavy (non-hydrogen) atoms. The van der Waals surface area contributed by atoms with Crippen molar-refractivity contribution < 1.29 is 9.53 Å². The molecule has 1 aliphatic carbocycles. The van der Waals surface area contributed by atoms with Gasteiger partial charge in [-0.1, -0.05) is 54.6 Å². The number of aromatic nitrogens is 1. The van der Waals surface area contributed by atoms with E-state index in [0.29, 0.717) is 0 Å². The molecule has 1 atom stereocenters. The van der Waals surface area contributed by atoms with Crippen LogP contribution in [0.1, 0.15) is 24.8 Å². The van der Waals surface area contributed by atoms with Crippen LogP contribution in [0.25, 0.3) is 27.7 Å².